The molecule has 0 fully saturated rings. The average molecular weight is 396 g/mol. The van der Waals surface area contributed by atoms with Gasteiger partial charge in [0.1, 0.15) is 0 Å². The summed E-state index contributed by atoms with van der Waals surface area (Å²) in [5.41, 5.74) is 2.82. The zero-order valence-electron chi connectivity index (χ0n) is 10.6. The Labute approximate surface area is 119 Å². The molecule has 2 aromatic carbocycles. The van der Waals surface area contributed by atoms with Gasteiger partial charge in [-0.3, -0.25) is 0 Å². The van der Waals surface area contributed by atoms with Crippen LogP contribution in [0.15, 0.2) is 60.7 Å². The van der Waals surface area contributed by atoms with Crippen molar-refractivity contribution in [2.24, 2.45) is 0 Å². The number of benzene rings is 2. The maximum absolute atomic E-state index is 2.16. The van der Waals surface area contributed by atoms with E-state index in [1.165, 1.54) is 11.1 Å². The van der Waals surface area contributed by atoms with Crippen LogP contribution < -0.4 is 0 Å². The van der Waals surface area contributed by atoms with Crippen molar-refractivity contribution in [2.75, 3.05) is 0 Å². The van der Waals surface area contributed by atoms with Crippen molar-refractivity contribution in [3.05, 3.63) is 71.8 Å². The van der Waals surface area contributed by atoms with E-state index >= 15 is 0 Å². The molecule has 0 saturated carbocycles. The fraction of sp³-hybridized carbons (Fsp3) is 0.250. The van der Waals surface area contributed by atoms with Gasteiger partial charge in [-0.2, -0.15) is 0 Å². The summed E-state index contributed by atoms with van der Waals surface area (Å²) in [6.45, 7) is 4.32. The second-order valence-corrected chi connectivity index (χ2v) is 3.68. The Hall–Kier alpha value is -0.872. The van der Waals surface area contributed by atoms with Crippen molar-refractivity contribution in [2.45, 2.75) is 26.7 Å². The van der Waals surface area contributed by atoms with Gasteiger partial charge in [0.2, 0.25) is 0 Å². The van der Waals surface area contributed by atoms with Gasteiger partial charge in [-0.25, -0.2) is 0 Å². The summed E-state index contributed by atoms with van der Waals surface area (Å²) in [5, 5.41) is 0. The smallest absolute Gasteiger partial charge is 0 e. The third-order valence-corrected chi connectivity index (χ3v) is 2.50. The van der Waals surface area contributed by atoms with Gasteiger partial charge >= 0.3 is 0 Å². The number of hydrogen-bond acceptors (Lipinski definition) is 0. The molecule has 0 bridgehead atoms. The molecule has 1 heteroatoms. The molecule has 0 nitrogen and oxygen atoms in total. The van der Waals surface area contributed by atoms with E-state index in [1.807, 2.05) is 12.1 Å². The Morgan fingerprint density at radius 3 is 1.06 bits per heavy atom. The molecule has 0 aromatic heterocycles. The fourth-order valence-corrected chi connectivity index (χ4v) is 1.43. The molecule has 0 aliphatic heterocycles. The van der Waals surface area contributed by atoms with E-state index < -0.39 is 0 Å². The normalized spacial score (nSPS) is 8.59. The van der Waals surface area contributed by atoms with Gasteiger partial charge < -0.3 is 0 Å². The third kappa shape index (κ3) is 7.13. The van der Waals surface area contributed by atoms with Crippen LogP contribution in [-0.4, -0.2) is 0 Å². The van der Waals surface area contributed by atoms with Crippen LogP contribution in [0.3, 0.4) is 0 Å². The molecule has 0 unspecified atom stereocenters. The van der Waals surface area contributed by atoms with Gasteiger partial charge in [-0.1, -0.05) is 74.5 Å². The van der Waals surface area contributed by atoms with Crippen molar-refractivity contribution in [3.63, 3.8) is 0 Å². The zero-order chi connectivity index (χ0) is 11.6. The van der Waals surface area contributed by atoms with E-state index in [-0.39, 0.29) is 21.1 Å². The van der Waals surface area contributed by atoms with Crippen LogP contribution in [0, 0.1) is 0 Å². The van der Waals surface area contributed by atoms with Crippen LogP contribution in [0.2, 0.25) is 0 Å². The maximum Gasteiger partial charge on any atom is 0 e. The van der Waals surface area contributed by atoms with E-state index in [9.17, 15) is 0 Å². The number of aryl methyl sites for hydroxylation is 2. The Kier molecular flexibility index (Phi) is 9.77. The van der Waals surface area contributed by atoms with Crippen molar-refractivity contribution in [3.8, 4) is 0 Å². The fourth-order valence-electron chi connectivity index (χ4n) is 1.43. The first-order valence-corrected chi connectivity index (χ1v) is 5.94. The van der Waals surface area contributed by atoms with Crippen molar-refractivity contribution >= 4 is 0 Å². The second kappa shape index (κ2) is 10.3. The van der Waals surface area contributed by atoms with Crippen molar-refractivity contribution < 1.29 is 21.1 Å². The molecule has 0 radical (unpaired) electrons. The summed E-state index contributed by atoms with van der Waals surface area (Å²) in [6.07, 6.45) is 2.28. The topological polar surface area (TPSA) is 0 Å². The first-order chi connectivity index (χ1) is 7.86. The summed E-state index contributed by atoms with van der Waals surface area (Å²) >= 11 is 0. The monoisotopic (exact) mass is 396 g/mol. The predicted molar refractivity (Wildman–Crippen MR) is 71.6 cm³/mol. The molecule has 2 aromatic rings. The molecule has 0 spiro atoms. The Bertz CT molecular complexity index is 328. The quantitative estimate of drug-likeness (QED) is 0.702. The van der Waals surface area contributed by atoms with Crippen LogP contribution in [-0.2, 0) is 33.9 Å². The van der Waals surface area contributed by atoms with Crippen LogP contribution in [0.25, 0.3) is 0 Å². The second-order valence-electron chi connectivity index (χ2n) is 3.68. The molecular weight excluding hydrogens is 376 g/mol. The molecule has 0 atom stereocenters. The van der Waals surface area contributed by atoms with Gasteiger partial charge in [0, 0.05) is 21.1 Å². The summed E-state index contributed by atoms with van der Waals surface area (Å²) < 4.78 is 0. The molecule has 0 aliphatic rings. The minimum absolute atomic E-state index is 0. The third-order valence-electron chi connectivity index (χ3n) is 2.50. The molecule has 17 heavy (non-hydrogen) atoms. The first-order valence-electron chi connectivity index (χ1n) is 5.94. The standard InChI is InChI=1S/2C8H10.W/c2*1-2-8-6-4-3-5-7-8;/h2*3-7H,2H2,1H3;. The summed E-state index contributed by atoms with van der Waals surface area (Å²) in [4.78, 5) is 0. The molecule has 0 amide bonds. The van der Waals surface area contributed by atoms with E-state index in [1.54, 1.807) is 0 Å². The molecular formula is C16H20W. The Morgan fingerprint density at radius 1 is 0.588 bits per heavy atom. The average Bonchev–Trinajstić information content (AvgIpc) is 2.41. The van der Waals surface area contributed by atoms with E-state index in [0.717, 1.165) is 12.8 Å². The number of hydrogen-bond donors (Lipinski definition) is 0. The zero-order valence-corrected chi connectivity index (χ0v) is 13.5. The van der Waals surface area contributed by atoms with Gasteiger partial charge in [0.15, 0.2) is 0 Å². The Balaban J connectivity index is 0.000000284. The van der Waals surface area contributed by atoms with Gasteiger partial charge in [0.25, 0.3) is 0 Å². The molecule has 0 N–H and O–H groups in total. The summed E-state index contributed by atoms with van der Waals surface area (Å²) in [7, 11) is 0. The predicted octanol–water partition coefficient (Wildman–Crippen LogP) is 4.50. The first kappa shape index (κ1) is 16.1. The largest absolute Gasteiger partial charge is 0.0622 e. The Morgan fingerprint density at radius 2 is 0.882 bits per heavy atom. The van der Waals surface area contributed by atoms with Gasteiger partial charge in [-0.15, -0.1) is 0 Å². The van der Waals surface area contributed by atoms with Gasteiger partial charge in [-0.05, 0) is 24.0 Å². The minimum Gasteiger partial charge on any atom is -0.0622 e. The minimum atomic E-state index is 0. The van der Waals surface area contributed by atoms with Crippen LogP contribution in [0.4, 0.5) is 0 Å². The molecule has 2 rings (SSSR count). The van der Waals surface area contributed by atoms with E-state index in [2.05, 4.69) is 62.4 Å². The molecule has 0 heterocycles. The summed E-state index contributed by atoms with van der Waals surface area (Å²) in [6, 6.07) is 20.9. The summed E-state index contributed by atoms with van der Waals surface area (Å²) in [5.74, 6) is 0. The van der Waals surface area contributed by atoms with Crippen molar-refractivity contribution in [1.29, 1.82) is 0 Å². The van der Waals surface area contributed by atoms with E-state index in [4.69, 9.17) is 0 Å². The molecule has 0 saturated heterocycles. The van der Waals surface area contributed by atoms with Crippen LogP contribution in [0.1, 0.15) is 25.0 Å². The van der Waals surface area contributed by atoms with Crippen LogP contribution in [0.5, 0.6) is 0 Å². The SMILES string of the molecule is CCc1ccccc1.CCc1ccccc1.[W]. The van der Waals surface area contributed by atoms with E-state index in [0.29, 0.717) is 0 Å². The van der Waals surface area contributed by atoms with Crippen LogP contribution >= 0.6 is 0 Å². The van der Waals surface area contributed by atoms with Crippen molar-refractivity contribution in [1.82, 2.24) is 0 Å². The molecule has 0 aliphatic carbocycles. The number of rotatable bonds is 2. The van der Waals surface area contributed by atoms with Gasteiger partial charge in [0.05, 0.1) is 0 Å². The maximum atomic E-state index is 2.16. The molecule has 90 valence electrons.